The number of esters is 1. The number of thioether (sulfide) groups is 1. The molecular weight excluding hydrogens is 469 g/mol. The first-order valence-corrected chi connectivity index (χ1v) is 9.69. The summed E-state index contributed by atoms with van der Waals surface area (Å²) in [5.41, 5.74) is 0.760. The van der Waals surface area contributed by atoms with Gasteiger partial charge >= 0.3 is 5.97 Å². The standard InChI is InChI=1S/C18H18INO5S/c1-4-7-24-14-6-5-12(8-13(14)19)9-15-17(22)20(18(23)26-15)10-16(21)25-11(2)3/h4-6,8-9,11H,1,7,10H2,2-3H3/b15-9+. The van der Waals surface area contributed by atoms with Crippen LogP contribution in [0.15, 0.2) is 35.8 Å². The summed E-state index contributed by atoms with van der Waals surface area (Å²) in [6.07, 6.45) is 2.98. The third kappa shape index (κ3) is 5.34. The van der Waals surface area contributed by atoms with Crippen molar-refractivity contribution in [2.75, 3.05) is 13.2 Å². The molecule has 1 aromatic rings. The Morgan fingerprint density at radius 3 is 2.73 bits per heavy atom. The number of hydrogen-bond donors (Lipinski definition) is 0. The molecule has 26 heavy (non-hydrogen) atoms. The van der Waals surface area contributed by atoms with Crippen molar-refractivity contribution < 1.29 is 23.9 Å². The highest BCUT2D eigenvalue weighted by Gasteiger charge is 2.36. The molecule has 8 heteroatoms. The van der Waals surface area contributed by atoms with Gasteiger partial charge in [0.25, 0.3) is 11.1 Å². The zero-order chi connectivity index (χ0) is 19.3. The summed E-state index contributed by atoms with van der Waals surface area (Å²) in [5.74, 6) is -0.392. The van der Waals surface area contributed by atoms with Crippen molar-refractivity contribution in [3.05, 3.63) is 44.9 Å². The lowest BCUT2D eigenvalue weighted by molar-refractivity contribution is -0.149. The van der Waals surface area contributed by atoms with Crippen LogP contribution in [0.4, 0.5) is 4.79 Å². The van der Waals surface area contributed by atoms with Crippen LogP contribution in [0.1, 0.15) is 19.4 Å². The van der Waals surface area contributed by atoms with E-state index in [1.54, 1.807) is 38.1 Å². The van der Waals surface area contributed by atoms with Crippen molar-refractivity contribution in [3.8, 4) is 5.75 Å². The van der Waals surface area contributed by atoms with Crippen LogP contribution < -0.4 is 4.74 Å². The van der Waals surface area contributed by atoms with Crippen LogP contribution in [0.5, 0.6) is 5.75 Å². The predicted octanol–water partition coefficient (Wildman–Crippen LogP) is 3.84. The highest BCUT2D eigenvalue weighted by Crippen LogP contribution is 2.33. The summed E-state index contributed by atoms with van der Waals surface area (Å²) in [6.45, 7) is 7.03. The Bertz CT molecular complexity index is 775. The summed E-state index contributed by atoms with van der Waals surface area (Å²) in [7, 11) is 0. The molecule has 6 nitrogen and oxygen atoms in total. The molecule has 138 valence electrons. The topological polar surface area (TPSA) is 72.9 Å². The van der Waals surface area contributed by atoms with Crippen LogP contribution in [-0.2, 0) is 14.3 Å². The second-order valence-electron chi connectivity index (χ2n) is 5.60. The predicted molar refractivity (Wildman–Crippen MR) is 109 cm³/mol. The molecule has 1 aliphatic rings. The largest absolute Gasteiger partial charge is 0.488 e. The third-order valence-corrected chi connectivity index (χ3v) is 4.89. The average Bonchev–Trinajstić information content (AvgIpc) is 2.81. The third-order valence-electron chi connectivity index (χ3n) is 3.14. The maximum atomic E-state index is 12.4. The highest BCUT2D eigenvalue weighted by molar-refractivity contribution is 14.1. The molecule has 0 bridgehead atoms. The van der Waals surface area contributed by atoms with E-state index in [0.717, 1.165) is 25.8 Å². The van der Waals surface area contributed by atoms with Gasteiger partial charge in [0, 0.05) is 0 Å². The van der Waals surface area contributed by atoms with Gasteiger partial charge in [0.05, 0.1) is 14.6 Å². The molecule has 1 heterocycles. The van der Waals surface area contributed by atoms with Crippen LogP contribution in [0, 0.1) is 3.57 Å². The van der Waals surface area contributed by atoms with Gasteiger partial charge in [0.15, 0.2) is 0 Å². The van der Waals surface area contributed by atoms with Crippen molar-refractivity contribution in [1.29, 1.82) is 0 Å². The van der Waals surface area contributed by atoms with E-state index in [2.05, 4.69) is 29.2 Å². The molecule has 0 atom stereocenters. The first kappa shape index (κ1) is 20.5. The number of benzene rings is 1. The maximum Gasteiger partial charge on any atom is 0.326 e. The Hall–Kier alpha value is -1.81. The van der Waals surface area contributed by atoms with Gasteiger partial charge in [-0.15, -0.1) is 0 Å². The van der Waals surface area contributed by atoms with Crippen LogP contribution in [-0.4, -0.2) is 41.3 Å². The number of rotatable bonds is 7. The highest BCUT2D eigenvalue weighted by atomic mass is 127. The summed E-state index contributed by atoms with van der Waals surface area (Å²) in [4.78, 5) is 37.3. The molecule has 0 N–H and O–H groups in total. The number of halogens is 1. The Morgan fingerprint density at radius 1 is 1.38 bits per heavy atom. The first-order valence-electron chi connectivity index (χ1n) is 7.80. The number of carbonyl (C=O) groups is 3. The number of imide groups is 1. The number of ether oxygens (including phenoxy) is 2. The lowest BCUT2D eigenvalue weighted by atomic mass is 10.2. The van der Waals surface area contributed by atoms with Crippen LogP contribution in [0.2, 0.25) is 0 Å². The Balaban J connectivity index is 2.13. The second-order valence-corrected chi connectivity index (χ2v) is 7.75. The molecule has 1 aliphatic heterocycles. The summed E-state index contributed by atoms with van der Waals surface area (Å²) >= 11 is 2.94. The summed E-state index contributed by atoms with van der Waals surface area (Å²) in [6, 6.07) is 5.43. The van der Waals surface area contributed by atoms with Gasteiger partial charge in [-0.3, -0.25) is 19.3 Å². The van der Waals surface area contributed by atoms with Crippen molar-refractivity contribution in [1.82, 2.24) is 4.90 Å². The number of amides is 2. The van der Waals surface area contributed by atoms with Crippen LogP contribution in [0.3, 0.4) is 0 Å². The molecule has 0 unspecified atom stereocenters. The molecule has 0 spiro atoms. The fourth-order valence-corrected chi connectivity index (χ4v) is 3.62. The average molecular weight is 487 g/mol. The fourth-order valence-electron chi connectivity index (χ4n) is 2.09. The first-order chi connectivity index (χ1) is 12.3. The Morgan fingerprint density at radius 2 is 2.12 bits per heavy atom. The molecule has 0 saturated carbocycles. The van der Waals surface area contributed by atoms with E-state index in [9.17, 15) is 14.4 Å². The fraction of sp³-hybridized carbons (Fsp3) is 0.278. The number of carbonyl (C=O) groups excluding carboxylic acids is 3. The van der Waals surface area contributed by atoms with Gasteiger partial charge in [-0.05, 0) is 72.0 Å². The van der Waals surface area contributed by atoms with Gasteiger partial charge in [0.2, 0.25) is 0 Å². The lowest BCUT2D eigenvalue weighted by Crippen LogP contribution is -2.35. The summed E-state index contributed by atoms with van der Waals surface area (Å²) < 4.78 is 11.4. The van der Waals surface area contributed by atoms with E-state index < -0.39 is 17.1 Å². The minimum absolute atomic E-state index is 0.267. The lowest BCUT2D eigenvalue weighted by Gasteiger charge is -2.13. The molecule has 1 saturated heterocycles. The molecule has 0 aromatic heterocycles. The van der Waals surface area contributed by atoms with E-state index in [1.165, 1.54) is 0 Å². The summed E-state index contributed by atoms with van der Waals surface area (Å²) in [5, 5.41) is -0.484. The minimum Gasteiger partial charge on any atom is -0.488 e. The van der Waals surface area contributed by atoms with Gasteiger partial charge in [-0.1, -0.05) is 18.7 Å². The van der Waals surface area contributed by atoms with Gasteiger partial charge in [0.1, 0.15) is 18.9 Å². The number of nitrogens with zero attached hydrogens (tertiary/aromatic N) is 1. The molecule has 0 aliphatic carbocycles. The Kier molecular flexibility index (Phi) is 7.27. The van der Waals surface area contributed by atoms with Gasteiger partial charge in [-0.2, -0.15) is 0 Å². The van der Waals surface area contributed by atoms with Gasteiger partial charge < -0.3 is 9.47 Å². The van der Waals surface area contributed by atoms with Crippen LogP contribution in [0.25, 0.3) is 6.08 Å². The molecule has 1 aromatic carbocycles. The molecule has 1 fully saturated rings. The SMILES string of the molecule is C=CCOc1ccc(/C=C2/SC(=O)N(CC(=O)OC(C)C)C2=O)cc1I. The zero-order valence-corrected chi connectivity index (χ0v) is 17.3. The quantitative estimate of drug-likeness (QED) is 0.252. The Labute approximate surface area is 169 Å². The number of hydrogen-bond acceptors (Lipinski definition) is 6. The van der Waals surface area contributed by atoms with Gasteiger partial charge in [-0.25, -0.2) is 0 Å². The van der Waals surface area contributed by atoms with Crippen LogP contribution >= 0.6 is 34.4 Å². The molecule has 2 amide bonds. The normalized spacial score (nSPS) is 15.7. The van der Waals surface area contributed by atoms with Crippen molar-refractivity contribution in [3.63, 3.8) is 0 Å². The van der Waals surface area contributed by atoms with E-state index in [1.807, 2.05) is 6.07 Å². The monoisotopic (exact) mass is 487 g/mol. The van der Waals surface area contributed by atoms with Crippen molar-refractivity contribution in [2.24, 2.45) is 0 Å². The molecule has 2 rings (SSSR count). The van der Waals surface area contributed by atoms with E-state index in [-0.39, 0.29) is 17.6 Å². The van der Waals surface area contributed by atoms with Crippen molar-refractivity contribution >= 4 is 57.5 Å². The zero-order valence-electron chi connectivity index (χ0n) is 14.4. The second kappa shape index (κ2) is 9.22. The smallest absolute Gasteiger partial charge is 0.326 e. The molecular formula is C18H18INO5S. The van der Waals surface area contributed by atoms with E-state index in [0.29, 0.717) is 12.4 Å². The minimum atomic E-state index is -0.609. The van der Waals surface area contributed by atoms with Crippen molar-refractivity contribution in [2.45, 2.75) is 20.0 Å². The van der Waals surface area contributed by atoms with E-state index in [4.69, 9.17) is 9.47 Å². The van der Waals surface area contributed by atoms with E-state index >= 15 is 0 Å². The maximum absolute atomic E-state index is 12.4. The molecule has 0 radical (unpaired) electrons.